The van der Waals surface area contributed by atoms with Crippen molar-refractivity contribution in [3.63, 3.8) is 0 Å². The van der Waals surface area contributed by atoms with Gasteiger partial charge in [0.2, 0.25) is 5.91 Å². The molecule has 6 nitrogen and oxygen atoms in total. The Hall–Kier alpha value is -2.67. The summed E-state index contributed by atoms with van der Waals surface area (Å²) in [6.07, 6.45) is 4.27. The van der Waals surface area contributed by atoms with Crippen LogP contribution in [0.1, 0.15) is 43.0 Å². The van der Waals surface area contributed by atoms with Crippen LogP contribution in [0, 0.1) is 5.92 Å². The van der Waals surface area contributed by atoms with E-state index in [-0.39, 0.29) is 24.3 Å². The van der Waals surface area contributed by atoms with E-state index in [1.54, 1.807) is 16.2 Å². The van der Waals surface area contributed by atoms with E-state index in [1.165, 1.54) is 0 Å². The molecule has 2 aliphatic rings. The third-order valence-electron chi connectivity index (χ3n) is 6.59. The molecule has 0 radical (unpaired) electrons. The molecular weight excluding hydrogens is 410 g/mol. The first-order chi connectivity index (χ1) is 15.0. The average molecular weight is 440 g/mol. The zero-order valence-electron chi connectivity index (χ0n) is 17.9. The maximum atomic E-state index is 13.2. The van der Waals surface area contributed by atoms with Crippen LogP contribution in [0.4, 0.5) is 4.79 Å². The van der Waals surface area contributed by atoms with Crippen LogP contribution in [0.2, 0.25) is 0 Å². The molecule has 0 bridgehead atoms. The largest absolute Gasteiger partial charge is 0.336 e. The van der Waals surface area contributed by atoms with Crippen LogP contribution < -0.4 is 5.32 Å². The van der Waals surface area contributed by atoms with E-state index in [0.717, 1.165) is 41.0 Å². The molecule has 4 rings (SSSR count). The van der Waals surface area contributed by atoms with Gasteiger partial charge in [-0.1, -0.05) is 56.2 Å². The molecule has 2 atom stereocenters. The van der Waals surface area contributed by atoms with E-state index in [2.05, 4.69) is 5.32 Å². The lowest BCUT2D eigenvalue weighted by Crippen LogP contribution is -2.54. The van der Waals surface area contributed by atoms with Crippen molar-refractivity contribution in [3.8, 4) is 0 Å². The van der Waals surface area contributed by atoms with Crippen LogP contribution in [-0.4, -0.2) is 46.3 Å². The first kappa shape index (κ1) is 21.6. The number of carbonyl (C=O) groups is 3. The second-order valence-corrected chi connectivity index (χ2v) is 9.60. The molecule has 7 heteroatoms. The van der Waals surface area contributed by atoms with Gasteiger partial charge >= 0.3 is 6.03 Å². The smallest absolute Gasteiger partial charge is 0.325 e. The third kappa shape index (κ3) is 4.51. The fourth-order valence-corrected chi connectivity index (χ4v) is 5.39. The summed E-state index contributed by atoms with van der Waals surface area (Å²) in [4.78, 5) is 43.1. The summed E-state index contributed by atoms with van der Waals surface area (Å²) in [7, 11) is 0. The van der Waals surface area contributed by atoms with Gasteiger partial charge in [0.05, 0.1) is 6.54 Å². The summed E-state index contributed by atoms with van der Waals surface area (Å²) in [5.74, 6) is -0.358. The van der Waals surface area contributed by atoms with Gasteiger partial charge in [0.25, 0.3) is 5.91 Å². The first-order valence-electron chi connectivity index (χ1n) is 11.0. The van der Waals surface area contributed by atoms with Gasteiger partial charge in [0.1, 0.15) is 12.1 Å². The predicted octanol–water partition coefficient (Wildman–Crippen LogP) is 3.82. The zero-order chi connectivity index (χ0) is 21.8. The van der Waals surface area contributed by atoms with Crippen molar-refractivity contribution >= 4 is 29.2 Å². The highest BCUT2D eigenvalue weighted by Crippen LogP contribution is 2.38. The van der Waals surface area contributed by atoms with Crippen molar-refractivity contribution < 1.29 is 14.4 Å². The van der Waals surface area contributed by atoms with Gasteiger partial charge in [-0.25, -0.2) is 4.79 Å². The molecule has 2 aromatic rings. The van der Waals surface area contributed by atoms with Crippen molar-refractivity contribution in [1.29, 1.82) is 0 Å². The van der Waals surface area contributed by atoms with E-state index in [4.69, 9.17) is 0 Å². The van der Waals surface area contributed by atoms with E-state index in [0.29, 0.717) is 19.5 Å². The van der Waals surface area contributed by atoms with Gasteiger partial charge in [-0.05, 0) is 42.2 Å². The zero-order valence-corrected chi connectivity index (χ0v) is 18.7. The Labute approximate surface area is 187 Å². The third-order valence-corrected chi connectivity index (χ3v) is 7.45. The Morgan fingerprint density at radius 2 is 2.00 bits per heavy atom. The number of thiophene rings is 1. The number of hydrogen-bond donors (Lipinski definition) is 1. The maximum absolute atomic E-state index is 13.2. The van der Waals surface area contributed by atoms with E-state index >= 15 is 0 Å². The lowest BCUT2D eigenvalue weighted by atomic mass is 9.73. The molecule has 1 saturated heterocycles. The molecule has 164 valence electrons. The van der Waals surface area contributed by atoms with Gasteiger partial charge in [0.15, 0.2) is 0 Å². The highest BCUT2D eigenvalue weighted by Gasteiger charge is 2.55. The summed E-state index contributed by atoms with van der Waals surface area (Å²) in [5.41, 5.74) is 0.314. The SMILES string of the molecule is C[C@H]1CCCC[C@@]12NC(=O)N(CC(=O)N(CCc1ccccc1)Cc1cccs1)C2=O. The molecule has 31 heavy (non-hydrogen) atoms. The lowest BCUT2D eigenvalue weighted by molar-refractivity contribution is -0.140. The molecule has 1 spiro atoms. The Morgan fingerprint density at radius 3 is 2.71 bits per heavy atom. The number of imide groups is 1. The molecule has 1 N–H and O–H groups in total. The fourth-order valence-electron chi connectivity index (χ4n) is 4.67. The minimum absolute atomic E-state index is 0.0816. The molecule has 1 aromatic heterocycles. The van der Waals surface area contributed by atoms with Crippen molar-refractivity contribution in [2.24, 2.45) is 5.92 Å². The van der Waals surface area contributed by atoms with Crippen LogP contribution in [0.5, 0.6) is 0 Å². The Balaban J connectivity index is 1.47. The molecule has 2 heterocycles. The van der Waals surface area contributed by atoms with Gasteiger partial charge in [0, 0.05) is 11.4 Å². The summed E-state index contributed by atoms with van der Waals surface area (Å²) in [5, 5.41) is 4.92. The topological polar surface area (TPSA) is 69.7 Å². The second-order valence-electron chi connectivity index (χ2n) is 8.57. The molecule has 1 aromatic carbocycles. The number of nitrogens with zero attached hydrogens (tertiary/aromatic N) is 2. The number of carbonyl (C=O) groups excluding carboxylic acids is 3. The number of amides is 4. The first-order valence-corrected chi connectivity index (χ1v) is 11.9. The van der Waals surface area contributed by atoms with Crippen LogP contribution in [0.25, 0.3) is 0 Å². The minimum atomic E-state index is -0.835. The molecule has 1 aliphatic carbocycles. The summed E-state index contributed by atoms with van der Waals surface area (Å²) >= 11 is 1.60. The van der Waals surface area contributed by atoms with Gasteiger partial charge < -0.3 is 10.2 Å². The van der Waals surface area contributed by atoms with E-state index in [1.807, 2.05) is 54.8 Å². The molecule has 1 aliphatic heterocycles. The highest BCUT2D eigenvalue weighted by atomic mass is 32.1. The van der Waals surface area contributed by atoms with E-state index < -0.39 is 11.6 Å². The van der Waals surface area contributed by atoms with E-state index in [9.17, 15) is 14.4 Å². The summed E-state index contributed by atoms with van der Waals surface area (Å²) in [6, 6.07) is 13.5. The monoisotopic (exact) mass is 439 g/mol. The fraction of sp³-hybridized carbons (Fsp3) is 0.458. The van der Waals surface area contributed by atoms with Crippen LogP contribution >= 0.6 is 11.3 Å². The molecule has 0 unspecified atom stereocenters. The van der Waals surface area contributed by atoms with Crippen LogP contribution in [0.3, 0.4) is 0 Å². The average Bonchev–Trinajstić information content (AvgIpc) is 3.37. The number of nitrogens with one attached hydrogen (secondary N) is 1. The predicted molar refractivity (Wildman–Crippen MR) is 120 cm³/mol. The van der Waals surface area contributed by atoms with Crippen molar-refractivity contribution in [3.05, 3.63) is 58.3 Å². The normalized spacial score (nSPS) is 23.3. The molecule has 1 saturated carbocycles. The van der Waals surface area contributed by atoms with Crippen molar-refractivity contribution in [2.75, 3.05) is 13.1 Å². The second kappa shape index (κ2) is 9.22. The Morgan fingerprint density at radius 1 is 1.19 bits per heavy atom. The number of hydrogen-bond acceptors (Lipinski definition) is 4. The van der Waals surface area contributed by atoms with Crippen LogP contribution in [-0.2, 0) is 22.6 Å². The highest BCUT2D eigenvalue weighted by molar-refractivity contribution is 7.09. The summed E-state index contributed by atoms with van der Waals surface area (Å²) < 4.78 is 0. The maximum Gasteiger partial charge on any atom is 0.325 e. The standard InChI is InChI=1S/C24H29N3O3S/c1-18-8-5-6-13-24(18)22(29)27(23(30)25-24)17-21(28)26(16-20-11-7-15-31-20)14-12-19-9-3-2-4-10-19/h2-4,7,9-11,15,18H,5-6,8,12-14,16-17H2,1H3,(H,25,30)/t18-,24+/m0/s1. The number of benzene rings is 1. The van der Waals surface area contributed by atoms with Gasteiger partial charge in [-0.2, -0.15) is 0 Å². The Kier molecular flexibility index (Phi) is 6.41. The molecule has 4 amide bonds. The van der Waals surface area contributed by atoms with Crippen molar-refractivity contribution in [2.45, 2.75) is 51.1 Å². The van der Waals surface area contributed by atoms with Crippen LogP contribution in [0.15, 0.2) is 47.8 Å². The van der Waals surface area contributed by atoms with Crippen molar-refractivity contribution in [1.82, 2.24) is 15.1 Å². The van der Waals surface area contributed by atoms with Gasteiger partial charge in [-0.3, -0.25) is 14.5 Å². The molecular formula is C24H29N3O3S. The summed E-state index contributed by atoms with van der Waals surface area (Å²) in [6.45, 7) is 2.82. The van der Waals surface area contributed by atoms with Gasteiger partial charge in [-0.15, -0.1) is 11.3 Å². The Bertz CT molecular complexity index is 931. The minimum Gasteiger partial charge on any atom is -0.336 e. The number of urea groups is 1. The number of rotatable bonds is 7. The quantitative estimate of drug-likeness (QED) is 0.667. The molecule has 2 fully saturated rings. The lowest BCUT2D eigenvalue weighted by Gasteiger charge is -2.36.